The lowest BCUT2D eigenvalue weighted by Gasteiger charge is -2.32. The minimum atomic E-state index is -3.95. The van der Waals surface area contributed by atoms with Crippen molar-refractivity contribution in [2.24, 2.45) is 5.41 Å². The molecule has 0 saturated heterocycles. The molecule has 0 aliphatic carbocycles. The molecule has 0 fully saturated rings. The summed E-state index contributed by atoms with van der Waals surface area (Å²) in [7, 11) is -3.95. The van der Waals surface area contributed by atoms with Crippen LogP contribution in [-0.2, 0) is 24.3 Å². The van der Waals surface area contributed by atoms with Gasteiger partial charge in [-0.2, -0.15) is 0 Å². The topological polar surface area (TPSA) is 90.0 Å². The van der Waals surface area contributed by atoms with Gasteiger partial charge in [0.1, 0.15) is 12.1 Å². The van der Waals surface area contributed by atoms with E-state index in [2.05, 4.69) is 0 Å². The summed E-state index contributed by atoms with van der Waals surface area (Å²) in [6.45, 7) is 13.8. The molecular formula is C23H32ClNO6S. The highest BCUT2D eigenvalue weighted by atomic mass is 35.5. The van der Waals surface area contributed by atoms with Crippen LogP contribution in [0, 0.1) is 26.2 Å². The van der Waals surface area contributed by atoms with Gasteiger partial charge in [0.2, 0.25) is 10.0 Å². The summed E-state index contributed by atoms with van der Waals surface area (Å²) in [5.41, 5.74) is 1.25. The van der Waals surface area contributed by atoms with Crippen LogP contribution in [0.3, 0.4) is 0 Å². The molecule has 32 heavy (non-hydrogen) atoms. The molecule has 0 saturated carbocycles. The minimum Gasteiger partial charge on any atom is -0.433 e. The number of nitrogens with zero attached hydrogens (tertiary/aromatic N) is 1. The minimum absolute atomic E-state index is 0.00584. The Bertz CT molecular complexity index is 1050. The normalized spacial score (nSPS) is 16.5. The number of aryl methyl sites for hydroxylation is 3. The van der Waals surface area contributed by atoms with Gasteiger partial charge in [-0.25, -0.2) is 17.5 Å². The van der Waals surface area contributed by atoms with Gasteiger partial charge in [-0.3, -0.25) is 4.79 Å². The van der Waals surface area contributed by atoms with Crippen LogP contribution in [0.2, 0.25) is 0 Å². The number of amides is 1. The smallest absolute Gasteiger partial charge is 0.433 e. The van der Waals surface area contributed by atoms with Crippen molar-refractivity contribution in [2.45, 2.75) is 60.9 Å². The largest absolute Gasteiger partial charge is 0.513 e. The first kappa shape index (κ1) is 26.2. The fraction of sp³-hybridized carbons (Fsp3) is 0.565. The first-order chi connectivity index (χ1) is 14.6. The van der Waals surface area contributed by atoms with Crippen molar-refractivity contribution in [3.63, 3.8) is 0 Å². The zero-order valence-electron chi connectivity index (χ0n) is 20.0. The third-order valence-corrected chi connectivity index (χ3v) is 8.02. The van der Waals surface area contributed by atoms with E-state index in [0.29, 0.717) is 5.56 Å². The number of hydrogen-bond donors (Lipinski definition) is 0. The standard InChI is InChI=1S/C23H32ClNO6S/c1-9-32(28,29)25-20(26)18(17-15(3)10-14(2)11-16(17)4)19(23(25,7)8)31-21(27)30-13-22(5,6)12-24/h10-11H,9,12-13H2,1-8H3. The first-order valence-electron chi connectivity index (χ1n) is 10.4. The molecule has 1 aliphatic heterocycles. The van der Waals surface area contributed by atoms with E-state index in [0.717, 1.165) is 21.0 Å². The van der Waals surface area contributed by atoms with Gasteiger partial charge < -0.3 is 9.47 Å². The van der Waals surface area contributed by atoms with Crippen LogP contribution in [0.4, 0.5) is 4.79 Å². The fourth-order valence-corrected chi connectivity index (χ4v) is 5.29. The van der Waals surface area contributed by atoms with E-state index in [1.807, 2.05) is 46.8 Å². The van der Waals surface area contributed by atoms with Gasteiger partial charge in [0.15, 0.2) is 5.76 Å². The Hall–Kier alpha value is -2.06. The maximum Gasteiger partial charge on any atom is 0.513 e. The molecule has 0 N–H and O–H groups in total. The van der Waals surface area contributed by atoms with Gasteiger partial charge >= 0.3 is 6.16 Å². The van der Waals surface area contributed by atoms with Crippen molar-refractivity contribution in [1.29, 1.82) is 0 Å². The number of hydrogen-bond acceptors (Lipinski definition) is 6. The lowest BCUT2D eigenvalue weighted by molar-refractivity contribution is -0.122. The van der Waals surface area contributed by atoms with E-state index >= 15 is 0 Å². The van der Waals surface area contributed by atoms with Crippen molar-refractivity contribution >= 4 is 39.3 Å². The van der Waals surface area contributed by atoms with E-state index < -0.39 is 33.0 Å². The molecule has 0 atom stereocenters. The van der Waals surface area contributed by atoms with Crippen LogP contribution >= 0.6 is 11.6 Å². The maximum atomic E-state index is 13.5. The third kappa shape index (κ3) is 4.96. The van der Waals surface area contributed by atoms with E-state index in [4.69, 9.17) is 21.1 Å². The molecule has 1 aromatic carbocycles. The van der Waals surface area contributed by atoms with Crippen molar-refractivity contribution in [3.8, 4) is 0 Å². The van der Waals surface area contributed by atoms with Crippen molar-refractivity contribution in [1.82, 2.24) is 4.31 Å². The Kier molecular flexibility index (Phi) is 7.42. The Morgan fingerprint density at radius 2 is 1.69 bits per heavy atom. The van der Waals surface area contributed by atoms with Gasteiger partial charge in [-0.15, -0.1) is 11.6 Å². The molecule has 0 bridgehead atoms. The van der Waals surface area contributed by atoms with E-state index in [1.54, 1.807) is 0 Å². The molecule has 178 valence electrons. The van der Waals surface area contributed by atoms with Crippen molar-refractivity contribution in [2.75, 3.05) is 18.2 Å². The molecule has 0 aromatic heterocycles. The molecule has 1 aliphatic rings. The number of carbonyl (C=O) groups excluding carboxylic acids is 2. The molecule has 7 nitrogen and oxygen atoms in total. The van der Waals surface area contributed by atoms with Crippen molar-refractivity contribution < 1.29 is 27.5 Å². The third-order valence-electron chi connectivity index (χ3n) is 5.39. The van der Waals surface area contributed by atoms with Crippen LogP contribution in [0.1, 0.15) is 56.9 Å². The monoisotopic (exact) mass is 485 g/mol. The molecule has 0 spiro atoms. The SMILES string of the molecule is CCS(=O)(=O)N1C(=O)C(c2c(C)cc(C)cc2C)=C(OC(=O)OCC(C)(C)CCl)C1(C)C. The zero-order chi connectivity index (χ0) is 24.6. The molecule has 1 amide bonds. The van der Waals surface area contributed by atoms with Gasteiger partial charge in [0.25, 0.3) is 5.91 Å². The maximum absolute atomic E-state index is 13.5. The number of halogens is 1. The average molecular weight is 486 g/mol. The fourth-order valence-electron chi connectivity index (χ4n) is 3.83. The van der Waals surface area contributed by atoms with Gasteiger partial charge in [-0.05, 0) is 58.2 Å². The molecular weight excluding hydrogens is 454 g/mol. The Morgan fingerprint density at radius 3 is 2.16 bits per heavy atom. The molecule has 0 radical (unpaired) electrons. The summed E-state index contributed by atoms with van der Waals surface area (Å²) in [5.74, 6) is -0.787. The highest BCUT2D eigenvalue weighted by Gasteiger charge is 2.53. The van der Waals surface area contributed by atoms with E-state index in [-0.39, 0.29) is 29.6 Å². The molecule has 2 rings (SSSR count). The zero-order valence-corrected chi connectivity index (χ0v) is 21.5. The van der Waals surface area contributed by atoms with E-state index in [9.17, 15) is 18.0 Å². The number of benzene rings is 1. The molecule has 1 heterocycles. The lowest BCUT2D eigenvalue weighted by atomic mass is 9.91. The summed E-state index contributed by atoms with van der Waals surface area (Å²) in [6.07, 6.45) is -1.02. The Labute approximate surface area is 195 Å². The highest BCUT2D eigenvalue weighted by Crippen LogP contribution is 2.44. The van der Waals surface area contributed by atoms with Gasteiger partial charge in [-0.1, -0.05) is 31.5 Å². The Balaban J connectivity index is 2.66. The van der Waals surface area contributed by atoms with E-state index in [1.165, 1.54) is 20.8 Å². The summed E-state index contributed by atoms with van der Waals surface area (Å²) in [5, 5.41) is 0. The number of sulfonamides is 1. The average Bonchev–Trinajstić information content (AvgIpc) is 2.86. The number of ether oxygens (including phenoxy) is 2. The van der Waals surface area contributed by atoms with Gasteiger partial charge in [0, 0.05) is 11.3 Å². The van der Waals surface area contributed by atoms with Crippen LogP contribution in [-0.4, -0.2) is 48.6 Å². The quantitative estimate of drug-likeness (QED) is 0.410. The molecule has 0 unspecified atom stereocenters. The predicted molar refractivity (Wildman–Crippen MR) is 125 cm³/mol. The second-order valence-electron chi connectivity index (χ2n) is 9.45. The van der Waals surface area contributed by atoms with Gasteiger partial charge in [0.05, 0.1) is 11.3 Å². The lowest BCUT2D eigenvalue weighted by Crippen LogP contribution is -2.48. The number of carbonyl (C=O) groups is 2. The summed E-state index contributed by atoms with van der Waals surface area (Å²) in [4.78, 5) is 26.1. The molecule has 1 aromatic rings. The number of alkyl halides is 1. The van der Waals surface area contributed by atoms with Crippen molar-refractivity contribution in [3.05, 3.63) is 40.1 Å². The number of rotatable bonds is 7. The van der Waals surface area contributed by atoms with Crippen LogP contribution in [0.15, 0.2) is 17.9 Å². The van der Waals surface area contributed by atoms with Crippen LogP contribution in [0.25, 0.3) is 5.57 Å². The first-order valence-corrected chi connectivity index (χ1v) is 12.5. The second kappa shape index (κ2) is 9.06. The second-order valence-corrected chi connectivity index (χ2v) is 11.8. The van der Waals surface area contributed by atoms with Crippen LogP contribution in [0.5, 0.6) is 0 Å². The molecule has 9 heteroatoms. The van der Waals surface area contributed by atoms with Crippen LogP contribution < -0.4 is 0 Å². The summed E-state index contributed by atoms with van der Waals surface area (Å²) >= 11 is 5.89. The summed E-state index contributed by atoms with van der Waals surface area (Å²) < 4.78 is 37.3. The highest BCUT2D eigenvalue weighted by molar-refractivity contribution is 7.89. The summed E-state index contributed by atoms with van der Waals surface area (Å²) in [6, 6.07) is 3.79. The Morgan fingerprint density at radius 1 is 1.16 bits per heavy atom. The predicted octanol–water partition coefficient (Wildman–Crippen LogP) is 4.71.